The maximum atomic E-state index is 2.34. The van der Waals surface area contributed by atoms with Gasteiger partial charge in [-0.25, -0.2) is 0 Å². The Labute approximate surface area is 93.7 Å². The van der Waals surface area contributed by atoms with Crippen LogP contribution < -0.4 is 0 Å². The SMILES string of the molecule is CCCc1ccc(CC2CCCC2)cc1. The van der Waals surface area contributed by atoms with Crippen molar-refractivity contribution in [2.75, 3.05) is 0 Å². The van der Waals surface area contributed by atoms with Crippen LogP contribution in [0.3, 0.4) is 0 Å². The van der Waals surface area contributed by atoms with E-state index in [1.165, 1.54) is 50.5 Å². The van der Waals surface area contributed by atoms with Crippen molar-refractivity contribution in [1.29, 1.82) is 0 Å². The highest BCUT2D eigenvalue weighted by Gasteiger charge is 2.14. The minimum absolute atomic E-state index is 0.974. The fraction of sp³-hybridized carbons (Fsp3) is 0.600. The monoisotopic (exact) mass is 202 g/mol. The molecule has 1 aliphatic rings. The van der Waals surface area contributed by atoms with Crippen LogP contribution in [-0.2, 0) is 12.8 Å². The van der Waals surface area contributed by atoms with Gasteiger partial charge in [0, 0.05) is 0 Å². The van der Waals surface area contributed by atoms with Gasteiger partial charge in [0.15, 0.2) is 0 Å². The number of rotatable bonds is 4. The van der Waals surface area contributed by atoms with E-state index in [-0.39, 0.29) is 0 Å². The molecule has 0 nitrogen and oxygen atoms in total. The molecule has 15 heavy (non-hydrogen) atoms. The zero-order valence-corrected chi connectivity index (χ0v) is 9.84. The minimum Gasteiger partial charge on any atom is -0.0651 e. The van der Waals surface area contributed by atoms with Crippen molar-refractivity contribution in [3.8, 4) is 0 Å². The molecule has 0 heterocycles. The lowest BCUT2D eigenvalue weighted by Gasteiger charge is -2.09. The Kier molecular flexibility index (Phi) is 3.82. The Balaban J connectivity index is 1.91. The molecule has 0 N–H and O–H groups in total. The van der Waals surface area contributed by atoms with E-state index in [4.69, 9.17) is 0 Å². The summed E-state index contributed by atoms with van der Waals surface area (Å²) in [6.45, 7) is 2.24. The van der Waals surface area contributed by atoms with Crippen molar-refractivity contribution in [3.05, 3.63) is 35.4 Å². The molecule has 0 atom stereocenters. The van der Waals surface area contributed by atoms with Crippen molar-refractivity contribution in [2.45, 2.75) is 51.9 Å². The summed E-state index contributed by atoms with van der Waals surface area (Å²) in [7, 11) is 0. The van der Waals surface area contributed by atoms with Gasteiger partial charge in [-0.3, -0.25) is 0 Å². The second-order valence-corrected chi connectivity index (χ2v) is 4.92. The second-order valence-electron chi connectivity index (χ2n) is 4.92. The molecule has 1 fully saturated rings. The molecule has 0 amide bonds. The van der Waals surface area contributed by atoms with Gasteiger partial charge in [0.05, 0.1) is 0 Å². The van der Waals surface area contributed by atoms with Crippen LogP contribution in [0.25, 0.3) is 0 Å². The van der Waals surface area contributed by atoms with Crippen LogP contribution in [0.2, 0.25) is 0 Å². The highest BCUT2D eigenvalue weighted by molar-refractivity contribution is 5.23. The second kappa shape index (κ2) is 5.34. The van der Waals surface area contributed by atoms with Crippen LogP contribution in [0.1, 0.15) is 50.2 Å². The van der Waals surface area contributed by atoms with Crippen LogP contribution >= 0.6 is 0 Å². The van der Waals surface area contributed by atoms with Crippen LogP contribution in [-0.4, -0.2) is 0 Å². The highest BCUT2D eigenvalue weighted by Crippen LogP contribution is 2.27. The van der Waals surface area contributed by atoms with Gasteiger partial charge in [-0.2, -0.15) is 0 Å². The minimum atomic E-state index is 0.974. The molecule has 0 aliphatic heterocycles. The smallest absolute Gasteiger partial charge is 0.0250 e. The first kappa shape index (κ1) is 10.7. The lowest BCUT2D eigenvalue weighted by Crippen LogP contribution is -1.98. The molecule has 0 aromatic heterocycles. The van der Waals surface area contributed by atoms with E-state index in [9.17, 15) is 0 Å². The summed E-state index contributed by atoms with van der Waals surface area (Å²) in [5.41, 5.74) is 3.04. The third kappa shape index (κ3) is 3.09. The van der Waals surface area contributed by atoms with Gasteiger partial charge in [-0.1, -0.05) is 63.3 Å². The fourth-order valence-electron chi connectivity index (χ4n) is 2.68. The first-order valence-electron chi connectivity index (χ1n) is 6.46. The lowest BCUT2D eigenvalue weighted by atomic mass is 9.97. The van der Waals surface area contributed by atoms with Crippen molar-refractivity contribution in [1.82, 2.24) is 0 Å². The summed E-state index contributed by atoms with van der Waals surface area (Å²) < 4.78 is 0. The number of aryl methyl sites for hydroxylation is 1. The zero-order chi connectivity index (χ0) is 10.5. The predicted octanol–water partition coefficient (Wildman–Crippen LogP) is 4.37. The molecule has 1 saturated carbocycles. The average molecular weight is 202 g/mol. The van der Waals surface area contributed by atoms with E-state index in [0.717, 1.165) is 5.92 Å². The van der Waals surface area contributed by atoms with E-state index in [1.807, 2.05) is 0 Å². The molecular weight excluding hydrogens is 180 g/mol. The molecule has 0 spiro atoms. The first-order chi connectivity index (χ1) is 7.38. The van der Waals surface area contributed by atoms with Crippen LogP contribution in [0.15, 0.2) is 24.3 Å². The summed E-state index contributed by atoms with van der Waals surface area (Å²) in [4.78, 5) is 0. The zero-order valence-electron chi connectivity index (χ0n) is 9.84. The number of hydrogen-bond acceptors (Lipinski definition) is 0. The topological polar surface area (TPSA) is 0 Å². The molecule has 1 aliphatic carbocycles. The first-order valence-corrected chi connectivity index (χ1v) is 6.46. The Morgan fingerprint density at radius 1 is 1.00 bits per heavy atom. The molecule has 0 unspecified atom stereocenters. The summed E-state index contributed by atoms with van der Waals surface area (Å²) in [5, 5.41) is 0. The van der Waals surface area contributed by atoms with E-state index in [2.05, 4.69) is 31.2 Å². The molecule has 1 aromatic carbocycles. The van der Waals surface area contributed by atoms with Crippen molar-refractivity contribution in [2.24, 2.45) is 5.92 Å². The normalized spacial score (nSPS) is 17.1. The fourth-order valence-corrected chi connectivity index (χ4v) is 2.68. The Hall–Kier alpha value is -0.780. The summed E-state index contributed by atoms with van der Waals surface area (Å²) in [6, 6.07) is 9.30. The summed E-state index contributed by atoms with van der Waals surface area (Å²) in [5.74, 6) is 0.974. The van der Waals surface area contributed by atoms with E-state index in [1.54, 1.807) is 5.56 Å². The summed E-state index contributed by atoms with van der Waals surface area (Å²) >= 11 is 0. The van der Waals surface area contributed by atoms with E-state index < -0.39 is 0 Å². The average Bonchev–Trinajstić information content (AvgIpc) is 2.74. The molecule has 0 saturated heterocycles. The maximum absolute atomic E-state index is 2.34. The van der Waals surface area contributed by atoms with Gasteiger partial charge < -0.3 is 0 Å². The molecule has 0 bridgehead atoms. The molecule has 82 valence electrons. The quantitative estimate of drug-likeness (QED) is 0.680. The van der Waals surface area contributed by atoms with E-state index >= 15 is 0 Å². The van der Waals surface area contributed by atoms with Gasteiger partial charge in [0.2, 0.25) is 0 Å². The van der Waals surface area contributed by atoms with Gasteiger partial charge in [-0.15, -0.1) is 0 Å². The number of benzene rings is 1. The Bertz CT molecular complexity index is 277. The van der Waals surface area contributed by atoms with Crippen LogP contribution in [0, 0.1) is 5.92 Å². The van der Waals surface area contributed by atoms with Gasteiger partial charge in [-0.05, 0) is 29.9 Å². The third-order valence-corrected chi connectivity index (χ3v) is 3.56. The van der Waals surface area contributed by atoms with Gasteiger partial charge in [0.25, 0.3) is 0 Å². The largest absolute Gasteiger partial charge is 0.0651 e. The van der Waals surface area contributed by atoms with Crippen LogP contribution in [0.5, 0.6) is 0 Å². The number of hydrogen-bond donors (Lipinski definition) is 0. The van der Waals surface area contributed by atoms with Gasteiger partial charge >= 0.3 is 0 Å². The predicted molar refractivity (Wildman–Crippen MR) is 66.1 cm³/mol. The molecule has 1 aromatic rings. The van der Waals surface area contributed by atoms with Crippen molar-refractivity contribution < 1.29 is 0 Å². The molecule has 2 rings (SSSR count). The highest BCUT2D eigenvalue weighted by atomic mass is 14.2. The third-order valence-electron chi connectivity index (χ3n) is 3.56. The Morgan fingerprint density at radius 3 is 2.20 bits per heavy atom. The van der Waals surface area contributed by atoms with Crippen LogP contribution in [0.4, 0.5) is 0 Å². The standard InChI is InChI=1S/C15H22/c1-2-5-13-8-10-15(11-9-13)12-14-6-3-4-7-14/h8-11,14H,2-7,12H2,1H3. The van der Waals surface area contributed by atoms with Crippen molar-refractivity contribution in [3.63, 3.8) is 0 Å². The lowest BCUT2D eigenvalue weighted by molar-refractivity contribution is 0.546. The van der Waals surface area contributed by atoms with E-state index in [0.29, 0.717) is 0 Å². The maximum Gasteiger partial charge on any atom is -0.0250 e. The van der Waals surface area contributed by atoms with Gasteiger partial charge in [0.1, 0.15) is 0 Å². The van der Waals surface area contributed by atoms with Crippen molar-refractivity contribution >= 4 is 0 Å². The molecular formula is C15H22. The summed E-state index contributed by atoms with van der Waals surface area (Å²) in [6.07, 6.45) is 9.61. The molecule has 0 radical (unpaired) electrons. The Morgan fingerprint density at radius 2 is 1.60 bits per heavy atom. The molecule has 0 heteroatoms.